The number of hydrazine groups is 1. The molecule has 0 bridgehead atoms. The molecule has 0 aliphatic carbocycles. The third-order valence-electron chi connectivity index (χ3n) is 2.75. The van der Waals surface area contributed by atoms with E-state index in [4.69, 9.17) is 5.84 Å². The van der Waals surface area contributed by atoms with Crippen LogP contribution in [-0.4, -0.2) is 29.4 Å². The lowest BCUT2D eigenvalue weighted by Crippen LogP contribution is -2.51. The molecule has 2 unspecified atom stereocenters. The highest BCUT2D eigenvalue weighted by atomic mass is 16.2. The molecule has 0 aromatic rings. The Morgan fingerprint density at radius 1 is 1.36 bits per heavy atom. The second kappa shape index (κ2) is 6.79. The Labute approximate surface area is 86.8 Å². The molecular formula is C10H23N3O. The van der Waals surface area contributed by atoms with E-state index in [2.05, 4.69) is 31.1 Å². The van der Waals surface area contributed by atoms with Crippen LogP contribution in [0.15, 0.2) is 0 Å². The van der Waals surface area contributed by atoms with Crippen molar-refractivity contribution in [2.24, 2.45) is 5.84 Å². The van der Waals surface area contributed by atoms with Gasteiger partial charge in [0.1, 0.15) is 0 Å². The molecule has 0 radical (unpaired) electrons. The zero-order chi connectivity index (χ0) is 11.1. The van der Waals surface area contributed by atoms with Crippen LogP contribution in [0, 0.1) is 0 Å². The maximum Gasteiger partial charge on any atom is 0.251 e. The van der Waals surface area contributed by atoms with Crippen molar-refractivity contribution in [2.75, 3.05) is 6.54 Å². The van der Waals surface area contributed by atoms with E-state index in [0.717, 1.165) is 19.4 Å². The largest absolute Gasteiger partial charge is 0.293 e. The van der Waals surface area contributed by atoms with Crippen LogP contribution in [0.25, 0.3) is 0 Å². The molecule has 0 aromatic carbocycles. The Hall–Kier alpha value is -0.610. The number of hydrogen-bond acceptors (Lipinski definition) is 3. The predicted molar refractivity (Wildman–Crippen MR) is 58.5 cm³/mol. The van der Waals surface area contributed by atoms with Crippen molar-refractivity contribution in [1.82, 2.24) is 10.3 Å². The molecule has 0 saturated heterocycles. The van der Waals surface area contributed by atoms with Crippen LogP contribution in [0.5, 0.6) is 0 Å². The zero-order valence-electron chi connectivity index (χ0n) is 9.71. The average molecular weight is 201 g/mol. The number of nitrogens with one attached hydrogen (secondary N) is 1. The summed E-state index contributed by atoms with van der Waals surface area (Å²) < 4.78 is 0. The molecule has 0 saturated carbocycles. The smallest absolute Gasteiger partial charge is 0.251 e. The molecule has 0 fully saturated rings. The Kier molecular flexibility index (Phi) is 6.49. The number of likely N-dealkylation sites (N-methyl/N-ethyl adjacent to an activating group) is 1. The first-order valence-electron chi connectivity index (χ1n) is 5.38. The van der Waals surface area contributed by atoms with Crippen LogP contribution in [-0.2, 0) is 4.79 Å². The van der Waals surface area contributed by atoms with Crippen LogP contribution >= 0.6 is 0 Å². The van der Waals surface area contributed by atoms with Crippen LogP contribution in [0.1, 0.15) is 40.5 Å². The average Bonchev–Trinajstić information content (AvgIpc) is 2.23. The fourth-order valence-electron chi connectivity index (χ4n) is 1.74. The van der Waals surface area contributed by atoms with E-state index in [1.165, 1.54) is 0 Å². The number of amides is 1. The van der Waals surface area contributed by atoms with Gasteiger partial charge in [0.25, 0.3) is 5.91 Å². The molecular weight excluding hydrogens is 178 g/mol. The molecule has 0 spiro atoms. The summed E-state index contributed by atoms with van der Waals surface area (Å²) in [6, 6.07) is 0.321. The number of carbonyl (C=O) groups is 1. The summed E-state index contributed by atoms with van der Waals surface area (Å²) in [5.74, 6) is 5.07. The second-order valence-electron chi connectivity index (χ2n) is 3.52. The monoisotopic (exact) mass is 201 g/mol. The van der Waals surface area contributed by atoms with Crippen molar-refractivity contribution in [3.05, 3.63) is 0 Å². The Bertz CT molecular complexity index is 173. The Balaban J connectivity index is 4.51. The van der Waals surface area contributed by atoms with E-state index in [1.807, 2.05) is 6.92 Å². The summed E-state index contributed by atoms with van der Waals surface area (Å²) in [6.07, 6.45) is 1.84. The number of nitrogens with two attached hydrogens (primary N) is 1. The molecule has 0 aliphatic heterocycles. The molecule has 84 valence electrons. The van der Waals surface area contributed by atoms with Gasteiger partial charge in [0.15, 0.2) is 0 Å². The van der Waals surface area contributed by atoms with E-state index in [0.29, 0.717) is 6.04 Å². The van der Waals surface area contributed by atoms with Gasteiger partial charge in [0.05, 0.1) is 6.04 Å². The summed E-state index contributed by atoms with van der Waals surface area (Å²) in [7, 11) is 0. The van der Waals surface area contributed by atoms with Crippen molar-refractivity contribution in [3.8, 4) is 0 Å². The Morgan fingerprint density at radius 3 is 2.21 bits per heavy atom. The molecule has 4 nitrogen and oxygen atoms in total. The molecule has 0 rings (SSSR count). The summed E-state index contributed by atoms with van der Waals surface area (Å²) in [6.45, 7) is 9.21. The first-order chi connectivity index (χ1) is 6.62. The van der Waals surface area contributed by atoms with E-state index in [9.17, 15) is 4.79 Å². The lowest BCUT2D eigenvalue weighted by molar-refractivity contribution is -0.127. The summed E-state index contributed by atoms with van der Waals surface area (Å²) in [5.41, 5.74) is 2.23. The predicted octanol–water partition coefficient (Wildman–Crippen LogP) is 0.875. The molecule has 0 aliphatic rings. The first kappa shape index (κ1) is 13.4. The van der Waals surface area contributed by atoms with E-state index in [-0.39, 0.29) is 11.9 Å². The van der Waals surface area contributed by atoms with Crippen LogP contribution in [0.4, 0.5) is 0 Å². The molecule has 3 N–H and O–H groups in total. The second-order valence-corrected chi connectivity index (χ2v) is 3.52. The van der Waals surface area contributed by atoms with Gasteiger partial charge in [0.2, 0.25) is 0 Å². The lowest BCUT2D eigenvalue weighted by atomic mass is 10.1. The molecule has 0 aromatic heterocycles. The number of carbonyl (C=O) groups excluding carboxylic acids is 1. The number of hydrogen-bond donors (Lipinski definition) is 2. The number of rotatable bonds is 6. The fraction of sp³-hybridized carbons (Fsp3) is 0.900. The van der Waals surface area contributed by atoms with Crippen LogP contribution < -0.4 is 11.3 Å². The maximum atomic E-state index is 11.5. The van der Waals surface area contributed by atoms with Gasteiger partial charge in [-0.25, -0.2) is 5.84 Å². The van der Waals surface area contributed by atoms with E-state index in [1.54, 1.807) is 0 Å². The maximum absolute atomic E-state index is 11.5. The number of nitrogens with zero attached hydrogens (tertiary/aromatic N) is 1. The van der Waals surface area contributed by atoms with Gasteiger partial charge in [0, 0.05) is 6.04 Å². The van der Waals surface area contributed by atoms with Crippen molar-refractivity contribution < 1.29 is 4.79 Å². The SMILES string of the molecule is CCC(C)N(CC)C(CC)C(=O)NN. The van der Waals surface area contributed by atoms with Crippen LogP contribution in [0.3, 0.4) is 0 Å². The first-order valence-corrected chi connectivity index (χ1v) is 5.38. The minimum absolute atomic E-state index is 0.0883. The third kappa shape index (κ3) is 3.27. The van der Waals surface area contributed by atoms with Crippen molar-refractivity contribution in [2.45, 2.75) is 52.6 Å². The molecule has 0 heterocycles. The minimum Gasteiger partial charge on any atom is -0.293 e. The highest BCUT2D eigenvalue weighted by Gasteiger charge is 2.25. The quantitative estimate of drug-likeness (QED) is 0.381. The van der Waals surface area contributed by atoms with Gasteiger partial charge < -0.3 is 0 Å². The van der Waals surface area contributed by atoms with E-state index >= 15 is 0 Å². The van der Waals surface area contributed by atoms with Crippen molar-refractivity contribution in [1.29, 1.82) is 0 Å². The van der Waals surface area contributed by atoms with E-state index < -0.39 is 0 Å². The van der Waals surface area contributed by atoms with Gasteiger partial charge in [-0.05, 0) is 26.3 Å². The normalized spacial score (nSPS) is 15.3. The highest BCUT2D eigenvalue weighted by Crippen LogP contribution is 2.11. The summed E-state index contributed by atoms with van der Waals surface area (Å²) >= 11 is 0. The standard InChI is InChI=1S/C10H23N3O/c1-5-8(4)13(7-3)9(6-2)10(14)12-11/h8-9H,5-7,11H2,1-4H3,(H,12,14). The molecule has 4 heteroatoms. The van der Waals surface area contributed by atoms with Crippen LogP contribution in [0.2, 0.25) is 0 Å². The zero-order valence-corrected chi connectivity index (χ0v) is 9.71. The molecule has 1 amide bonds. The lowest BCUT2D eigenvalue weighted by Gasteiger charge is -2.33. The summed E-state index contributed by atoms with van der Waals surface area (Å²) in [5, 5.41) is 0. The topological polar surface area (TPSA) is 58.4 Å². The van der Waals surface area contributed by atoms with Crippen molar-refractivity contribution >= 4 is 5.91 Å². The van der Waals surface area contributed by atoms with Gasteiger partial charge in [-0.2, -0.15) is 0 Å². The molecule has 14 heavy (non-hydrogen) atoms. The van der Waals surface area contributed by atoms with Gasteiger partial charge in [-0.1, -0.05) is 20.8 Å². The molecule has 2 atom stereocenters. The third-order valence-corrected chi connectivity index (χ3v) is 2.75. The minimum atomic E-state index is -0.0973. The fourth-order valence-corrected chi connectivity index (χ4v) is 1.74. The Morgan fingerprint density at radius 2 is 1.93 bits per heavy atom. The van der Waals surface area contributed by atoms with Gasteiger partial charge in [-0.3, -0.25) is 15.1 Å². The van der Waals surface area contributed by atoms with Gasteiger partial charge in [-0.15, -0.1) is 0 Å². The summed E-state index contributed by atoms with van der Waals surface area (Å²) in [4.78, 5) is 13.7. The van der Waals surface area contributed by atoms with Crippen molar-refractivity contribution in [3.63, 3.8) is 0 Å². The highest BCUT2D eigenvalue weighted by molar-refractivity contribution is 5.81. The van der Waals surface area contributed by atoms with Gasteiger partial charge >= 0.3 is 0 Å².